The van der Waals surface area contributed by atoms with Gasteiger partial charge < -0.3 is 9.47 Å². The van der Waals surface area contributed by atoms with Gasteiger partial charge in [-0.15, -0.1) is 0 Å². The summed E-state index contributed by atoms with van der Waals surface area (Å²) in [6.45, 7) is 5.73. The van der Waals surface area contributed by atoms with Crippen molar-refractivity contribution in [2.75, 3.05) is 6.61 Å². The molecule has 22 heavy (non-hydrogen) atoms. The Kier molecular flexibility index (Phi) is 7.02. The first kappa shape index (κ1) is 18.1. The van der Waals surface area contributed by atoms with Crippen LogP contribution < -0.4 is 4.74 Å². The van der Waals surface area contributed by atoms with Crippen LogP contribution >= 0.6 is 0 Å². The van der Waals surface area contributed by atoms with E-state index in [1.54, 1.807) is 13.8 Å². The first-order valence-corrected chi connectivity index (χ1v) is 7.65. The van der Waals surface area contributed by atoms with Crippen LogP contribution in [0.25, 0.3) is 0 Å². The summed E-state index contributed by atoms with van der Waals surface area (Å²) in [7, 11) is 0. The Bertz CT molecular complexity index is 509. The number of carbonyl (C=O) groups excluding carboxylic acids is 2. The average molecular weight is 310 g/mol. The average Bonchev–Trinajstić information content (AvgIpc) is 2.49. The summed E-state index contributed by atoms with van der Waals surface area (Å²) in [5.74, 6) is -1.70. The van der Waals surface area contributed by atoms with E-state index in [0.29, 0.717) is 0 Å². The smallest absolute Gasteiger partial charge is 0.328 e. The maximum Gasteiger partial charge on any atom is 0.328 e. The van der Waals surface area contributed by atoms with Crippen molar-refractivity contribution in [3.63, 3.8) is 0 Å². The lowest BCUT2D eigenvalue weighted by Crippen LogP contribution is -2.42. The highest BCUT2D eigenvalue weighted by atomic mass is 19.1. The summed E-state index contributed by atoms with van der Waals surface area (Å²) in [5, 5.41) is 0. The van der Waals surface area contributed by atoms with Crippen LogP contribution in [0, 0.1) is 11.2 Å². The minimum atomic E-state index is -1.35. The number of ether oxygens (including phenoxy) is 2. The standard InChI is InChI=1S/C17H23FO4/c1-4-7-11-21-15(19)17(5-2,6-3)16(20)22-14-10-8-9-13(18)12-14/h8-10,12H,4-7,11H2,1-3H3. The molecule has 0 bridgehead atoms. The van der Waals surface area contributed by atoms with Crippen molar-refractivity contribution in [2.24, 2.45) is 5.41 Å². The van der Waals surface area contributed by atoms with Gasteiger partial charge in [0.2, 0.25) is 0 Å². The number of hydrogen-bond donors (Lipinski definition) is 0. The van der Waals surface area contributed by atoms with E-state index in [4.69, 9.17) is 9.47 Å². The summed E-state index contributed by atoms with van der Waals surface area (Å²) in [5.41, 5.74) is -1.35. The van der Waals surface area contributed by atoms with Crippen LogP contribution in [0.4, 0.5) is 4.39 Å². The fourth-order valence-corrected chi connectivity index (χ4v) is 2.09. The molecule has 0 saturated heterocycles. The SMILES string of the molecule is CCCCOC(=O)C(CC)(CC)C(=O)Oc1cccc(F)c1. The molecule has 0 aliphatic carbocycles. The summed E-state index contributed by atoms with van der Waals surface area (Å²) in [6, 6.07) is 5.27. The van der Waals surface area contributed by atoms with Crippen LogP contribution in [0.2, 0.25) is 0 Å². The number of hydrogen-bond acceptors (Lipinski definition) is 4. The molecule has 122 valence electrons. The lowest BCUT2D eigenvalue weighted by Gasteiger charge is -2.26. The molecule has 0 N–H and O–H groups in total. The molecule has 1 aromatic carbocycles. The van der Waals surface area contributed by atoms with Crippen molar-refractivity contribution in [1.29, 1.82) is 0 Å². The van der Waals surface area contributed by atoms with E-state index in [0.717, 1.165) is 18.9 Å². The topological polar surface area (TPSA) is 52.6 Å². The second-order valence-electron chi connectivity index (χ2n) is 5.13. The first-order valence-electron chi connectivity index (χ1n) is 7.65. The summed E-state index contributed by atoms with van der Waals surface area (Å²) >= 11 is 0. The highest BCUT2D eigenvalue weighted by Gasteiger charge is 2.46. The van der Waals surface area contributed by atoms with Crippen molar-refractivity contribution in [3.8, 4) is 5.75 Å². The van der Waals surface area contributed by atoms with Crippen molar-refractivity contribution in [1.82, 2.24) is 0 Å². The van der Waals surface area contributed by atoms with E-state index >= 15 is 0 Å². The monoisotopic (exact) mass is 310 g/mol. The van der Waals surface area contributed by atoms with Crippen molar-refractivity contribution >= 4 is 11.9 Å². The van der Waals surface area contributed by atoms with Gasteiger partial charge in [0.05, 0.1) is 6.61 Å². The van der Waals surface area contributed by atoms with E-state index in [-0.39, 0.29) is 25.2 Å². The number of halogens is 1. The van der Waals surface area contributed by atoms with Gasteiger partial charge in [-0.3, -0.25) is 9.59 Å². The molecule has 0 aliphatic heterocycles. The van der Waals surface area contributed by atoms with E-state index in [1.165, 1.54) is 18.2 Å². The summed E-state index contributed by atoms with van der Waals surface area (Å²) in [6.07, 6.45) is 2.17. The maximum atomic E-state index is 13.2. The highest BCUT2D eigenvalue weighted by molar-refractivity contribution is 6.00. The molecule has 1 aromatic rings. The third-order valence-corrected chi connectivity index (χ3v) is 3.73. The van der Waals surface area contributed by atoms with E-state index in [9.17, 15) is 14.0 Å². The molecule has 0 radical (unpaired) electrons. The maximum absolute atomic E-state index is 13.2. The Morgan fingerprint density at radius 3 is 2.36 bits per heavy atom. The lowest BCUT2D eigenvalue weighted by molar-refractivity contribution is -0.168. The summed E-state index contributed by atoms with van der Waals surface area (Å²) < 4.78 is 23.5. The van der Waals surface area contributed by atoms with Gasteiger partial charge in [-0.1, -0.05) is 33.3 Å². The third-order valence-electron chi connectivity index (χ3n) is 3.73. The normalized spacial score (nSPS) is 11.1. The molecule has 0 heterocycles. The fraction of sp³-hybridized carbons (Fsp3) is 0.529. The molecule has 4 nitrogen and oxygen atoms in total. The molecule has 0 saturated carbocycles. The van der Waals surface area contributed by atoms with Crippen molar-refractivity contribution in [3.05, 3.63) is 30.1 Å². The van der Waals surface area contributed by atoms with Crippen LogP contribution in [-0.4, -0.2) is 18.5 Å². The molecular weight excluding hydrogens is 287 g/mol. The van der Waals surface area contributed by atoms with Gasteiger partial charge in [0.1, 0.15) is 11.6 Å². The summed E-state index contributed by atoms with van der Waals surface area (Å²) in [4.78, 5) is 24.7. The number of benzene rings is 1. The van der Waals surface area contributed by atoms with Crippen LogP contribution in [0.5, 0.6) is 5.75 Å². The third kappa shape index (κ3) is 4.29. The van der Waals surface area contributed by atoms with Crippen molar-refractivity contribution in [2.45, 2.75) is 46.5 Å². The quantitative estimate of drug-likeness (QED) is 0.316. The van der Waals surface area contributed by atoms with Gasteiger partial charge in [-0.25, -0.2) is 4.39 Å². The van der Waals surface area contributed by atoms with Gasteiger partial charge in [0.25, 0.3) is 0 Å². The predicted molar refractivity (Wildman–Crippen MR) is 80.9 cm³/mol. The van der Waals surface area contributed by atoms with Gasteiger partial charge in [-0.2, -0.15) is 0 Å². The van der Waals surface area contributed by atoms with Gasteiger partial charge in [0, 0.05) is 6.07 Å². The number of esters is 2. The number of carbonyl (C=O) groups is 2. The van der Waals surface area contributed by atoms with Gasteiger partial charge in [-0.05, 0) is 31.4 Å². The molecule has 0 atom stereocenters. The molecule has 0 aromatic heterocycles. The zero-order chi connectivity index (χ0) is 16.6. The molecular formula is C17H23FO4. The molecule has 5 heteroatoms. The molecule has 0 aliphatic rings. The second kappa shape index (κ2) is 8.51. The predicted octanol–water partition coefficient (Wildman–Crippen LogP) is 3.88. The zero-order valence-corrected chi connectivity index (χ0v) is 13.4. The molecule has 0 amide bonds. The Labute approximate surface area is 130 Å². The number of rotatable bonds is 8. The zero-order valence-electron chi connectivity index (χ0n) is 13.4. The fourth-order valence-electron chi connectivity index (χ4n) is 2.09. The Hall–Kier alpha value is -1.91. The number of unbranched alkanes of at least 4 members (excludes halogenated alkanes) is 1. The van der Waals surface area contributed by atoms with Crippen LogP contribution in [-0.2, 0) is 14.3 Å². The minimum Gasteiger partial charge on any atom is -0.465 e. The van der Waals surface area contributed by atoms with Crippen LogP contribution in [0.15, 0.2) is 24.3 Å². The molecule has 1 rings (SSSR count). The lowest BCUT2D eigenvalue weighted by atomic mass is 9.82. The second-order valence-corrected chi connectivity index (χ2v) is 5.13. The largest absolute Gasteiger partial charge is 0.465 e. The first-order chi connectivity index (χ1) is 10.5. The Morgan fingerprint density at radius 1 is 1.14 bits per heavy atom. The molecule has 0 unspecified atom stereocenters. The Morgan fingerprint density at radius 2 is 1.82 bits per heavy atom. The molecule has 0 spiro atoms. The van der Waals surface area contributed by atoms with Gasteiger partial charge in [0.15, 0.2) is 5.41 Å². The minimum absolute atomic E-state index is 0.0811. The van der Waals surface area contributed by atoms with Crippen LogP contribution in [0.1, 0.15) is 46.5 Å². The van der Waals surface area contributed by atoms with E-state index in [1.807, 2.05) is 6.92 Å². The Balaban J connectivity index is 2.88. The highest BCUT2D eigenvalue weighted by Crippen LogP contribution is 2.31. The van der Waals surface area contributed by atoms with E-state index < -0.39 is 23.2 Å². The van der Waals surface area contributed by atoms with Crippen molar-refractivity contribution < 1.29 is 23.5 Å². The van der Waals surface area contributed by atoms with Crippen LogP contribution in [0.3, 0.4) is 0 Å². The molecule has 0 fully saturated rings. The van der Waals surface area contributed by atoms with E-state index in [2.05, 4.69) is 0 Å². The van der Waals surface area contributed by atoms with Gasteiger partial charge >= 0.3 is 11.9 Å².